The first-order valence-corrected chi connectivity index (χ1v) is 10.2. The number of rotatable bonds is 7. The normalized spacial score (nSPS) is 13.2. The predicted octanol–water partition coefficient (Wildman–Crippen LogP) is 0.557. The molecule has 0 fully saturated rings. The number of nitrogens with zero attached hydrogens (tertiary/aromatic N) is 4. The summed E-state index contributed by atoms with van der Waals surface area (Å²) in [5, 5.41) is 15.9. The Bertz CT molecular complexity index is 1080. The van der Waals surface area contributed by atoms with Crippen LogP contribution in [0, 0.1) is 0 Å². The maximum Gasteiger partial charge on any atom is 0.231 e. The molecule has 27 heavy (non-hydrogen) atoms. The number of benzene rings is 1. The maximum atomic E-state index is 11.2. The molecule has 0 saturated carbocycles. The molecular weight excluding hydrogens is 372 g/mol. The Morgan fingerprint density at radius 2 is 2.00 bits per heavy atom. The van der Waals surface area contributed by atoms with Crippen molar-refractivity contribution in [2.75, 3.05) is 24.9 Å². The number of aromatic nitrogens is 4. The van der Waals surface area contributed by atoms with Gasteiger partial charge < -0.3 is 14.8 Å². The van der Waals surface area contributed by atoms with E-state index in [4.69, 9.17) is 9.47 Å². The van der Waals surface area contributed by atoms with Crippen LogP contribution in [0.25, 0.3) is 5.65 Å². The molecule has 0 saturated heterocycles. The van der Waals surface area contributed by atoms with E-state index in [9.17, 15) is 8.42 Å². The third-order valence-electron chi connectivity index (χ3n) is 3.95. The van der Waals surface area contributed by atoms with E-state index in [0.29, 0.717) is 30.3 Å². The highest BCUT2D eigenvalue weighted by Gasteiger charge is 2.13. The molecule has 1 aliphatic rings. The molecule has 142 valence electrons. The number of hydrogen-bond acceptors (Lipinski definition) is 8. The van der Waals surface area contributed by atoms with Crippen LogP contribution >= 0.6 is 0 Å². The van der Waals surface area contributed by atoms with Crippen molar-refractivity contribution in [2.45, 2.75) is 13.0 Å². The quantitative estimate of drug-likeness (QED) is 0.600. The number of hydrogen-bond donors (Lipinski definition) is 2. The summed E-state index contributed by atoms with van der Waals surface area (Å²) in [5.74, 6) is 2.71. The molecule has 11 heteroatoms. The number of anilines is 1. The molecule has 0 spiro atoms. The van der Waals surface area contributed by atoms with Gasteiger partial charge in [0.05, 0.1) is 6.26 Å². The van der Waals surface area contributed by atoms with Crippen LogP contribution in [0.5, 0.6) is 11.5 Å². The van der Waals surface area contributed by atoms with E-state index in [1.165, 1.54) is 0 Å². The van der Waals surface area contributed by atoms with Gasteiger partial charge in [-0.1, -0.05) is 6.07 Å². The minimum atomic E-state index is -3.24. The third-order valence-corrected chi connectivity index (χ3v) is 4.68. The van der Waals surface area contributed by atoms with Crippen LogP contribution in [-0.4, -0.2) is 47.8 Å². The summed E-state index contributed by atoms with van der Waals surface area (Å²) in [6.07, 6.45) is 1.50. The lowest BCUT2D eigenvalue weighted by molar-refractivity contribution is 0.174. The number of nitrogens with one attached hydrogen (secondary N) is 2. The summed E-state index contributed by atoms with van der Waals surface area (Å²) < 4.78 is 37.1. The van der Waals surface area contributed by atoms with Crippen molar-refractivity contribution in [3.05, 3.63) is 41.7 Å². The fourth-order valence-electron chi connectivity index (χ4n) is 2.68. The Morgan fingerprint density at radius 3 is 2.85 bits per heavy atom. The Kier molecular flexibility index (Phi) is 4.54. The SMILES string of the molecule is CS(=O)(=O)NCCc1nnc2ccc(NCc3ccc4c(c3)OCO4)nn12. The van der Waals surface area contributed by atoms with E-state index in [-0.39, 0.29) is 13.3 Å². The molecule has 1 aromatic carbocycles. The molecule has 3 heterocycles. The fraction of sp³-hybridized carbons (Fsp3) is 0.312. The summed E-state index contributed by atoms with van der Waals surface area (Å²) in [7, 11) is -3.24. The summed E-state index contributed by atoms with van der Waals surface area (Å²) in [6.45, 7) is 1.04. The van der Waals surface area contributed by atoms with Crippen LogP contribution in [0.15, 0.2) is 30.3 Å². The molecule has 0 atom stereocenters. The van der Waals surface area contributed by atoms with Gasteiger partial charge in [-0.3, -0.25) is 0 Å². The minimum Gasteiger partial charge on any atom is -0.454 e. The van der Waals surface area contributed by atoms with Crippen LogP contribution in [0.3, 0.4) is 0 Å². The lowest BCUT2D eigenvalue weighted by atomic mass is 10.2. The first-order valence-electron chi connectivity index (χ1n) is 8.26. The number of fused-ring (bicyclic) bond motifs is 2. The Labute approximate surface area is 155 Å². The first-order chi connectivity index (χ1) is 13.0. The van der Waals surface area contributed by atoms with Gasteiger partial charge >= 0.3 is 0 Å². The second-order valence-corrected chi connectivity index (χ2v) is 7.90. The summed E-state index contributed by atoms with van der Waals surface area (Å²) in [4.78, 5) is 0. The van der Waals surface area contributed by atoms with Crippen LogP contribution in [0.4, 0.5) is 5.82 Å². The van der Waals surface area contributed by atoms with Gasteiger partial charge in [0, 0.05) is 19.5 Å². The molecule has 0 aliphatic carbocycles. The molecule has 2 aromatic heterocycles. The van der Waals surface area contributed by atoms with E-state index in [0.717, 1.165) is 23.3 Å². The molecule has 2 N–H and O–H groups in total. The van der Waals surface area contributed by atoms with Crippen molar-refractivity contribution in [3.63, 3.8) is 0 Å². The molecule has 3 aromatic rings. The van der Waals surface area contributed by atoms with Gasteiger partial charge in [0.25, 0.3) is 0 Å². The average molecular weight is 390 g/mol. The topological polar surface area (TPSA) is 120 Å². The van der Waals surface area contributed by atoms with Crippen LogP contribution < -0.4 is 19.5 Å². The molecule has 1 aliphatic heterocycles. The van der Waals surface area contributed by atoms with E-state index >= 15 is 0 Å². The summed E-state index contributed by atoms with van der Waals surface area (Å²) >= 11 is 0. The van der Waals surface area contributed by atoms with Gasteiger partial charge in [0.15, 0.2) is 23.0 Å². The van der Waals surface area contributed by atoms with E-state index in [2.05, 4.69) is 25.3 Å². The monoisotopic (exact) mass is 390 g/mol. The minimum absolute atomic E-state index is 0.232. The van der Waals surface area contributed by atoms with Crippen LogP contribution in [-0.2, 0) is 23.0 Å². The zero-order valence-corrected chi connectivity index (χ0v) is 15.4. The Morgan fingerprint density at radius 1 is 1.15 bits per heavy atom. The lowest BCUT2D eigenvalue weighted by Crippen LogP contribution is -2.25. The van der Waals surface area contributed by atoms with Crippen molar-refractivity contribution < 1.29 is 17.9 Å². The second-order valence-electron chi connectivity index (χ2n) is 6.06. The number of ether oxygens (including phenoxy) is 2. The van der Waals surface area contributed by atoms with E-state index in [1.807, 2.05) is 24.3 Å². The van der Waals surface area contributed by atoms with Gasteiger partial charge in [0.1, 0.15) is 5.82 Å². The highest BCUT2D eigenvalue weighted by Crippen LogP contribution is 2.32. The largest absolute Gasteiger partial charge is 0.454 e. The molecular formula is C16H18N6O4S. The molecule has 4 rings (SSSR count). The van der Waals surface area contributed by atoms with Crippen molar-refractivity contribution in [3.8, 4) is 11.5 Å². The highest BCUT2D eigenvalue weighted by atomic mass is 32.2. The van der Waals surface area contributed by atoms with Crippen LogP contribution in [0.1, 0.15) is 11.4 Å². The number of sulfonamides is 1. The van der Waals surface area contributed by atoms with Gasteiger partial charge in [-0.05, 0) is 29.8 Å². The van der Waals surface area contributed by atoms with Gasteiger partial charge in [-0.15, -0.1) is 15.3 Å². The zero-order chi connectivity index (χ0) is 18.9. The van der Waals surface area contributed by atoms with Crippen molar-refractivity contribution >= 4 is 21.5 Å². The molecule has 10 nitrogen and oxygen atoms in total. The van der Waals surface area contributed by atoms with Crippen molar-refractivity contribution in [1.29, 1.82) is 0 Å². The Balaban J connectivity index is 1.45. The van der Waals surface area contributed by atoms with Gasteiger partial charge in [0.2, 0.25) is 16.8 Å². The summed E-state index contributed by atoms with van der Waals surface area (Å²) in [6, 6.07) is 9.38. The van der Waals surface area contributed by atoms with Crippen LogP contribution in [0.2, 0.25) is 0 Å². The predicted molar refractivity (Wildman–Crippen MR) is 97.2 cm³/mol. The molecule has 0 amide bonds. The first kappa shape index (κ1) is 17.5. The van der Waals surface area contributed by atoms with Crippen molar-refractivity contribution in [1.82, 2.24) is 24.5 Å². The molecule has 0 radical (unpaired) electrons. The average Bonchev–Trinajstić information content (AvgIpc) is 3.25. The zero-order valence-electron chi connectivity index (χ0n) is 14.5. The fourth-order valence-corrected chi connectivity index (χ4v) is 3.15. The third kappa shape index (κ3) is 4.09. The molecule has 0 bridgehead atoms. The standard InChI is InChI=1S/C16H18N6O4S/c1-27(23,24)18-7-6-16-20-19-15-5-4-14(21-22(15)16)17-9-11-2-3-12-13(8-11)26-10-25-12/h2-5,8,18H,6-7,9-10H2,1H3,(H,17,21). The Hall–Kier alpha value is -2.92. The second kappa shape index (κ2) is 7.00. The highest BCUT2D eigenvalue weighted by molar-refractivity contribution is 7.88. The molecule has 0 unspecified atom stereocenters. The van der Waals surface area contributed by atoms with Gasteiger partial charge in [-0.25, -0.2) is 13.1 Å². The van der Waals surface area contributed by atoms with E-state index < -0.39 is 10.0 Å². The van der Waals surface area contributed by atoms with E-state index in [1.54, 1.807) is 10.6 Å². The smallest absolute Gasteiger partial charge is 0.231 e. The summed E-state index contributed by atoms with van der Waals surface area (Å²) in [5.41, 5.74) is 1.63. The van der Waals surface area contributed by atoms with Crippen molar-refractivity contribution in [2.24, 2.45) is 0 Å². The lowest BCUT2D eigenvalue weighted by Gasteiger charge is -2.07. The van der Waals surface area contributed by atoms with Gasteiger partial charge in [-0.2, -0.15) is 4.52 Å². The maximum absolute atomic E-state index is 11.2.